The van der Waals surface area contributed by atoms with Crippen molar-refractivity contribution in [3.63, 3.8) is 0 Å². The van der Waals surface area contributed by atoms with Gasteiger partial charge in [-0.15, -0.1) is 11.8 Å². The van der Waals surface area contributed by atoms with Gasteiger partial charge in [-0.05, 0) is 44.0 Å². The molecule has 1 fully saturated rings. The average molecular weight is 415 g/mol. The van der Waals surface area contributed by atoms with Crippen molar-refractivity contribution in [2.75, 3.05) is 12.9 Å². The summed E-state index contributed by atoms with van der Waals surface area (Å²) < 4.78 is 57.5. The second-order valence-electron chi connectivity index (χ2n) is 6.88. The van der Waals surface area contributed by atoms with Crippen LogP contribution in [0.5, 0.6) is 0 Å². The lowest BCUT2D eigenvalue weighted by Crippen LogP contribution is -2.32. The van der Waals surface area contributed by atoms with Crippen LogP contribution in [-0.4, -0.2) is 21.8 Å². The van der Waals surface area contributed by atoms with Gasteiger partial charge in [0.1, 0.15) is 5.82 Å². The van der Waals surface area contributed by atoms with Crippen LogP contribution >= 0.6 is 11.8 Å². The van der Waals surface area contributed by atoms with E-state index < -0.39 is 29.1 Å². The third kappa shape index (κ3) is 4.95. The van der Waals surface area contributed by atoms with Gasteiger partial charge < -0.3 is 4.74 Å². The highest BCUT2D eigenvalue weighted by Crippen LogP contribution is 2.46. The number of alkyl halides is 2. The van der Waals surface area contributed by atoms with Crippen LogP contribution in [0.4, 0.5) is 13.2 Å². The molecule has 27 heavy (non-hydrogen) atoms. The molecule has 1 aliphatic rings. The molecule has 3 rings (SSSR count). The molecule has 0 spiro atoms. The third-order valence-corrected chi connectivity index (χ3v) is 6.96. The quantitative estimate of drug-likeness (QED) is 0.609. The first-order chi connectivity index (χ1) is 12.8. The van der Waals surface area contributed by atoms with Gasteiger partial charge >= 0.3 is 0 Å². The maximum atomic E-state index is 14.5. The fourth-order valence-electron chi connectivity index (χ4n) is 3.21. The van der Waals surface area contributed by atoms with Crippen molar-refractivity contribution in [2.24, 2.45) is 0 Å². The van der Waals surface area contributed by atoms with Gasteiger partial charge in [-0.1, -0.05) is 18.2 Å². The molecule has 146 valence electrons. The summed E-state index contributed by atoms with van der Waals surface area (Å²) in [6, 6.07) is 11.0. The van der Waals surface area contributed by atoms with Crippen LogP contribution in [0.2, 0.25) is 0 Å². The second-order valence-corrected chi connectivity index (χ2v) is 9.92. The zero-order valence-corrected chi connectivity index (χ0v) is 16.7. The maximum Gasteiger partial charge on any atom is 0.263 e. The molecular formula is C20H21F3O2S2. The molecule has 0 N–H and O–H groups in total. The van der Waals surface area contributed by atoms with Gasteiger partial charge in [-0.3, -0.25) is 4.21 Å². The predicted molar refractivity (Wildman–Crippen MR) is 102 cm³/mol. The van der Waals surface area contributed by atoms with Crippen molar-refractivity contribution in [3.8, 4) is 0 Å². The van der Waals surface area contributed by atoms with Crippen LogP contribution in [0, 0.1) is 5.82 Å². The summed E-state index contributed by atoms with van der Waals surface area (Å²) in [5, 5.41) is 0. The Morgan fingerprint density at radius 2 is 2.04 bits per heavy atom. The average Bonchev–Trinajstić information content (AvgIpc) is 2.61. The fraction of sp³-hybridized carbons (Fsp3) is 0.400. The fourth-order valence-corrected chi connectivity index (χ4v) is 5.07. The summed E-state index contributed by atoms with van der Waals surface area (Å²) in [4.78, 5) is 1.21. The largest absolute Gasteiger partial charge is 0.373 e. The minimum atomic E-state index is -2.50. The van der Waals surface area contributed by atoms with E-state index in [1.165, 1.54) is 36.2 Å². The summed E-state index contributed by atoms with van der Waals surface area (Å²) >= 11 is 1.53. The lowest BCUT2D eigenvalue weighted by molar-refractivity contribution is 0.000211. The molecule has 0 radical (unpaired) electrons. The molecule has 1 heterocycles. The van der Waals surface area contributed by atoms with E-state index in [2.05, 4.69) is 6.92 Å². The Bertz CT molecular complexity index is 844. The first-order valence-electron chi connectivity index (χ1n) is 8.59. The van der Waals surface area contributed by atoms with Crippen molar-refractivity contribution < 1.29 is 22.1 Å². The Morgan fingerprint density at radius 1 is 1.26 bits per heavy atom. The molecule has 2 nitrogen and oxygen atoms in total. The number of hydrogen-bond donors (Lipinski definition) is 0. The number of hydrogen-bond acceptors (Lipinski definition) is 3. The number of rotatable bonds is 5. The molecule has 3 unspecified atom stereocenters. The van der Waals surface area contributed by atoms with E-state index in [1.54, 1.807) is 18.2 Å². The molecule has 3 atom stereocenters. The topological polar surface area (TPSA) is 26.3 Å². The molecular weight excluding hydrogens is 393 g/mol. The summed E-state index contributed by atoms with van der Waals surface area (Å²) in [6.45, 7) is 2.51. The smallest absolute Gasteiger partial charge is 0.263 e. The Kier molecular flexibility index (Phi) is 6.33. The highest BCUT2D eigenvalue weighted by atomic mass is 32.2. The Labute approximate surface area is 164 Å². The van der Waals surface area contributed by atoms with E-state index in [9.17, 15) is 17.4 Å². The van der Waals surface area contributed by atoms with Gasteiger partial charge in [-0.2, -0.15) is 0 Å². The van der Waals surface area contributed by atoms with Gasteiger partial charge in [-0.25, -0.2) is 13.2 Å². The molecule has 0 bridgehead atoms. The number of benzene rings is 2. The van der Waals surface area contributed by atoms with Crippen molar-refractivity contribution in [3.05, 3.63) is 59.4 Å². The lowest BCUT2D eigenvalue weighted by Gasteiger charge is -2.38. The molecule has 0 aromatic heterocycles. The number of thioether (sulfide) groups is 1. The highest BCUT2D eigenvalue weighted by Gasteiger charge is 2.35. The standard InChI is InChI=1S/C20H21F3O2S2/c1-20(26-14-5-3-4-13(10-14)19(22)23)8-9-25-18(12-20)16-7-6-15(27(2)24)11-17(16)21/h3-7,10-11,18-19H,8-9,12H2,1-2H3. The van der Waals surface area contributed by atoms with E-state index in [4.69, 9.17) is 4.74 Å². The van der Waals surface area contributed by atoms with Gasteiger partial charge in [0.2, 0.25) is 0 Å². The van der Waals surface area contributed by atoms with E-state index >= 15 is 0 Å². The lowest BCUT2D eigenvalue weighted by atomic mass is 9.92. The van der Waals surface area contributed by atoms with Crippen molar-refractivity contribution in [2.45, 2.75) is 46.8 Å². The number of ether oxygens (including phenoxy) is 1. The van der Waals surface area contributed by atoms with Crippen LogP contribution in [0.1, 0.15) is 43.4 Å². The SMILES string of the molecule is CS(=O)c1ccc(C2CC(C)(Sc3cccc(C(F)F)c3)CCO2)c(F)c1. The molecule has 1 saturated heterocycles. The monoisotopic (exact) mass is 414 g/mol. The van der Waals surface area contributed by atoms with Gasteiger partial charge in [0.15, 0.2) is 0 Å². The number of halogens is 3. The van der Waals surface area contributed by atoms with Crippen molar-refractivity contribution in [1.29, 1.82) is 0 Å². The summed E-state index contributed by atoms with van der Waals surface area (Å²) in [5.41, 5.74) is 0.443. The van der Waals surface area contributed by atoms with E-state index in [0.29, 0.717) is 23.5 Å². The highest BCUT2D eigenvalue weighted by molar-refractivity contribution is 8.00. The summed E-state index contributed by atoms with van der Waals surface area (Å²) in [7, 11) is -1.25. The first-order valence-corrected chi connectivity index (χ1v) is 11.0. The normalized spacial score (nSPS) is 24.1. The molecule has 0 saturated carbocycles. The zero-order valence-electron chi connectivity index (χ0n) is 15.1. The first kappa shape index (κ1) is 20.4. The Morgan fingerprint density at radius 3 is 2.70 bits per heavy atom. The van der Waals surface area contributed by atoms with E-state index in [0.717, 1.165) is 11.3 Å². The van der Waals surface area contributed by atoms with E-state index in [-0.39, 0.29) is 10.3 Å². The van der Waals surface area contributed by atoms with Gasteiger partial charge in [0.25, 0.3) is 6.43 Å². The molecule has 0 amide bonds. The van der Waals surface area contributed by atoms with Crippen LogP contribution in [0.3, 0.4) is 0 Å². The van der Waals surface area contributed by atoms with Crippen LogP contribution in [0.15, 0.2) is 52.3 Å². The third-order valence-electron chi connectivity index (χ3n) is 4.69. The van der Waals surface area contributed by atoms with Gasteiger partial charge in [0, 0.05) is 49.3 Å². The van der Waals surface area contributed by atoms with Crippen LogP contribution in [0.25, 0.3) is 0 Å². The van der Waals surface area contributed by atoms with E-state index in [1.807, 2.05) is 6.07 Å². The second kappa shape index (κ2) is 8.37. The molecule has 1 aliphatic heterocycles. The molecule has 7 heteroatoms. The van der Waals surface area contributed by atoms with Crippen LogP contribution in [-0.2, 0) is 15.5 Å². The minimum Gasteiger partial charge on any atom is -0.373 e. The predicted octanol–water partition coefficient (Wildman–Crippen LogP) is 5.90. The molecule has 2 aromatic carbocycles. The Hall–Kier alpha value is -1.31. The van der Waals surface area contributed by atoms with Crippen LogP contribution < -0.4 is 0 Å². The summed E-state index contributed by atoms with van der Waals surface area (Å²) in [6.07, 6.45) is -0.118. The maximum absolute atomic E-state index is 14.5. The zero-order chi connectivity index (χ0) is 19.6. The van der Waals surface area contributed by atoms with Gasteiger partial charge in [0.05, 0.1) is 6.10 Å². The molecule has 2 aromatic rings. The van der Waals surface area contributed by atoms with Crippen molar-refractivity contribution >= 4 is 22.6 Å². The summed E-state index contributed by atoms with van der Waals surface area (Å²) in [5.74, 6) is -0.429. The minimum absolute atomic E-state index is 0.00130. The Balaban J connectivity index is 1.79. The molecule has 0 aliphatic carbocycles. The van der Waals surface area contributed by atoms with Crippen molar-refractivity contribution in [1.82, 2.24) is 0 Å².